The number of hydrogen-bond donors (Lipinski definition) is 1. The molecule has 0 bridgehead atoms. The van der Waals surface area contributed by atoms with Crippen molar-refractivity contribution in [2.75, 3.05) is 6.61 Å². The van der Waals surface area contributed by atoms with E-state index in [2.05, 4.69) is 29.6 Å². The molecule has 1 heterocycles. The van der Waals surface area contributed by atoms with E-state index in [4.69, 9.17) is 4.74 Å². The molecule has 0 spiro atoms. The third-order valence-corrected chi connectivity index (χ3v) is 4.71. The van der Waals surface area contributed by atoms with Crippen LogP contribution in [0.5, 0.6) is 0 Å². The van der Waals surface area contributed by atoms with Crippen LogP contribution in [-0.4, -0.2) is 23.4 Å². The molecule has 1 aromatic carbocycles. The predicted molar refractivity (Wildman–Crippen MR) is 75.1 cm³/mol. The van der Waals surface area contributed by atoms with Crippen LogP contribution in [0.3, 0.4) is 0 Å². The van der Waals surface area contributed by atoms with Gasteiger partial charge < -0.3 is 9.84 Å². The van der Waals surface area contributed by atoms with Crippen LogP contribution in [-0.2, 0) is 11.2 Å². The van der Waals surface area contributed by atoms with Gasteiger partial charge in [-0.05, 0) is 29.3 Å². The molecule has 0 atom stereocenters. The number of benzene rings is 1. The first-order valence-corrected chi connectivity index (χ1v) is 7.37. The van der Waals surface area contributed by atoms with Crippen LogP contribution < -0.4 is 0 Å². The number of hydrogen-bond acceptors (Lipinski definition) is 3. The third-order valence-electron chi connectivity index (χ3n) is 3.70. The molecule has 96 valence electrons. The number of fused-ring (bicyclic) bond motifs is 1. The molecule has 0 aliphatic heterocycles. The van der Waals surface area contributed by atoms with Crippen molar-refractivity contribution in [3.8, 4) is 0 Å². The standard InChI is InChI=1S/C15H18O2S/c1-2-17-12-8-15(16,9-12)7-11-10-18-14-6-4-3-5-13(11)14/h3-6,10,12,16H,2,7-9H2,1H3. The number of ether oxygens (including phenoxy) is 1. The summed E-state index contributed by atoms with van der Waals surface area (Å²) >= 11 is 1.76. The summed E-state index contributed by atoms with van der Waals surface area (Å²) in [4.78, 5) is 0. The van der Waals surface area contributed by atoms with Gasteiger partial charge in [0.25, 0.3) is 0 Å². The van der Waals surface area contributed by atoms with Gasteiger partial charge in [0.1, 0.15) is 0 Å². The first-order valence-electron chi connectivity index (χ1n) is 6.49. The number of thiophene rings is 1. The minimum absolute atomic E-state index is 0.255. The molecule has 1 aromatic heterocycles. The van der Waals surface area contributed by atoms with Crippen molar-refractivity contribution < 1.29 is 9.84 Å². The fourth-order valence-electron chi connectivity index (χ4n) is 2.81. The molecule has 0 amide bonds. The summed E-state index contributed by atoms with van der Waals surface area (Å²) in [5.74, 6) is 0. The van der Waals surface area contributed by atoms with E-state index in [0.717, 1.165) is 25.9 Å². The van der Waals surface area contributed by atoms with E-state index in [0.29, 0.717) is 0 Å². The quantitative estimate of drug-likeness (QED) is 0.915. The fourth-order valence-corrected chi connectivity index (χ4v) is 3.77. The van der Waals surface area contributed by atoms with Gasteiger partial charge in [0, 0.05) is 30.6 Å². The van der Waals surface area contributed by atoms with E-state index >= 15 is 0 Å². The second-order valence-corrected chi connectivity index (χ2v) is 6.06. The Labute approximate surface area is 111 Å². The van der Waals surface area contributed by atoms with Gasteiger partial charge in [-0.15, -0.1) is 11.3 Å². The van der Waals surface area contributed by atoms with E-state index in [1.54, 1.807) is 11.3 Å². The van der Waals surface area contributed by atoms with Gasteiger partial charge in [0.2, 0.25) is 0 Å². The molecule has 2 nitrogen and oxygen atoms in total. The van der Waals surface area contributed by atoms with Crippen LogP contribution in [0.2, 0.25) is 0 Å². The molecule has 1 N–H and O–H groups in total. The second kappa shape index (κ2) is 4.65. The number of rotatable bonds is 4. The van der Waals surface area contributed by atoms with Gasteiger partial charge in [-0.1, -0.05) is 18.2 Å². The van der Waals surface area contributed by atoms with E-state index in [1.807, 2.05) is 6.92 Å². The normalized spacial score (nSPS) is 27.3. The van der Waals surface area contributed by atoms with Gasteiger partial charge in [0.15, 0.2) is 0 Å². The largest absolute Gasteiger partial charge is 0.389 e. The summed E-state index contributed by atoms with van der Waals surface area (Å²) in [6.07, 6.45) is 2.54. The molecule has 1 aliphatic carbocycles. The molecular formula is C15H18O2S. The molecule has 3 heteroatoms. The van der Waals surface area contributed by atoms with Crippen molar-refractivity contribution in [3.05, 3.63) is 35.2 Å². The highest BCUT2D eigenvalue weighted by Gasteiger charge is 2.43. The Balaban J connectivity index is 1.74. The maximum absolute atomic E-state index is 10.5. The Hall–Kier alpha value is -0.900. The second-order valence-electron chi connectivity index (χ2n) is 5.14. The van der Waals surface area contributed by atoms with Crippen LogP contribution in [0.4, 0.5) is 0 Å². The minimum Gasteiger partial charge on any atom is -0.389 e. The van der Waals surface area contributed by atoms with Crippen LogP contribution in [0.1, 0.15) is 25.3 Å². The highest BCUT2D eigenvalue weighted by Crippen LogP contribution is 2.39. The van der Waals surface area contributed by atoms with Crippen molar-refractivity contribution in [2.45, 2.75) is 37.9 Å². The van der Waals surface area contributed by atoms with Gasteiger partial charge in [0.05, 0.1) is 11.7 Å². The molecule has 18 heavy (non-hydrogen) atoms. The molecule has 0 saturated heterocycles. The molecular weight excluding hydrogens is 244 g/mol. The first-order chi connectivity index (χ1) is 8.70. The molecule has 1 saturated carbocycles. The van der Waals surface area contributed by atoms with Crippen molar-refractivity contribution in [1.29, 1.82) is 0 Å². The van der Waals surface area contributed by atoms with Crippen molar-refractivity contribution in [3.63, 3.8) is 0 Å². The van der Waals surface area contributed by atoms with E-state index in [1.165, 1.54) is 15.6 Å². The average molecular weight is 262 g/mol. The zero-order chi connectivity index (χ0) is 12.6. The minimum atomic E-state index is -0.552. The molecule has 3 rings (SSSR count). The fraction of sp³-hybridized carbons (Fsp3) is 0.467. The van der Waals surface area contributed by atoms with Gasteiger partial charge in [-0.2, -0.15) is 0 Å². The monoisotopic (exact) mass is 262 g/mol. The smallest absolute Gasteiger partial charge is 0.0737 e. The van der Waals surface area contributed by atoms with Gasteiger partial charge >= 0.3 is 0 Å². The van der Waals surface area contributed by atoms with Crippen molar-refractivity contribution in [1.82, 2.24) is 0 Å². The van der Waals surface area contributed by atoms with Crippen molar-refractivity contribution in [2.24, 2.45) is 0 Å². The highest BCUT2D eigenvalue weighted by atomic mass is 32.1. The molecule has 2 aromatic rings. The van der Waals surface area contributed by atoms with Gasteiger partial charge in [-0.3, -0.25) is 0 Å². The van der Waals surface area contributed by atoms with Crippen molar-refractivity contribution >= 4 is 21.4 Å². The van der Waals surface area contributed by atoms with Crippen LogP contribution >= 0.6 is 11.3 Å². The Morgan fingerprint density at radius 2 is 2.17 bits per heavy atom. The summed E-state index contributed by atoms with van der Waals surface area (Å²) < 4.78 is 6.83. The third kappa shape index (κ3) is 2.18. The zero-order valence-corrected chi connectivity index (χ0v) is 11.4. The maximum Gasteiger partial charge on any atom is 0.0737 e. The lowest BCUT2D eigenvalue weighted by Gasteiger charge is -2.43. The molecule has 0 unspecified atom stereocenters. The lowest BCUT2D eigenvalue weighted by Crippen LogP contribution is -2.49. The summed E-state index contributed by atoms with van der Waals surface area (Å²) in [6.45, 7) is 2.74. The molecule has 0 radical (unpaired) electrons. The average Bonchev–Trinajstić information content (AvgIpc) is 2.71. The molecule has 1 aliphatic rings. The SMILES string of the molecule is CCOC1CC(O)(Cc2csc3ccccc23)C1. The van der Waals surface area contributed by atoms with Crippen LogP contribution in [0.25, 0.3) is 10.1 Å². The van der Waals surface area contributed by atoms with Gasteiger partial charge in [-0.25, -0.2) is 0 Å². The Bertz CT molecular complexity index is 540. The Morgan fingerprint density at radius 1 is 1.39 bits per heavy atom. The summed E-state index contributed by atoms with van der Waals surface area (Å²) in [6, 6.07) is 8.40. The summed E-state index contributed by atoms with van der Waals surface area (Å²) in [7, 11) is 0. The Morgan fingerprint density at radius 3 is 2.94 bits per heavy atom. The predicted octanol–water partition coefficient (Wildman–Crippen LogP) is 3.37. The van der Waals surface area contributed by atoms with E-state index < -0.39 is 5.60 Å². The zero-order valence-electron chi connectivity index (χ0n) is 10.6. The summed E-state index contributed by atoms with van der Waals surface area (Å²) in [5, 5.41) is 13.9. The first kappa shape index (κ1) is 12.2. The summed E-state index contributed by atoms with van der Waals surface area (Å²) in [5.41, 5.74) is 0.719. The molecule has 1 fully saturated rings. The number of aliphatic hydroxyl groups is 1. The van der Waals surface area contributed by atoms with Crippen LogP contribution in [0.15, 0.2) is 29.6 Å². The van der Waals surface area contributed by atoms with Crippen LogP contribution in [0, 0.1) is 0 Å². The Kier molecular flexibility index (Phi) is 3.14. The topological polar surface area (TPSA) is 29.5 Å². The lowest BCUT2D eigenvalue weighted by molar-refractivity contribution is -0.136. The van der Waals surface area contributed by atoms with E-state index in [9.17, 15) is 5.11 Å². The lowest BCUT2D eigenvalue weighted by atomic mass is 9.73. The highest BCUT2D eigenvalue weighted by molar-refractivity contribution is 7.17. The van der Waals surface area contributed by atoms with E-state index in [-0.39, 0.29) is 6.10 Å². The maximum atomic E-state index is 10.5.